The molecule has 0 aliphatic heterocycles. The highest BCUT2D eigenvalue weighted by molar-refractivity contribution is 5.80. The van der Waals surface area contributed by atoms with Gasteiger partial charge in [-0.25, -0.2) is 0 Å². The molecule has 0 bridgehead atoms. The van der Waals surface area contributed by atoms with Gasteiger partial charge in [-0.2, -0.15) is 0 Å². The smallest absolute Gasteiger partial charge is 0.303 e. The number of aliphatic carboxylic acids is 1. The molecule has 0 aliphatic carbocycles. The molecule has 0 saturated heterocycles. The summed E-state index contributed by atoms with van der Waals surface area (Å²) in [5, 5.41) is 11.3. The third kappa shape index (κ3) is 7.97. The van der Waals surface area contributed by atoms with Gasteiger partial charge in [0.2, 0.25) is 5.91 Å². The van der Waals surface area contributed by atoms with E-state index in [1.165, 1.54) is 0 Å². The van der Waals surface area contributed by atoms with E-state index in [0.29, 0.717) is 0 Å². The molecule has 0 radical (unpaired) electrons. The molecule has 1 amide bonds. The lowest BCUT2D eigenvalue weighted by Gasteiger charge is -2.16. The Balaban J connectivity index is 3.74. The number of carboxylic acids is 1. The minimum atomic E-state index is -0.924. The molecule has 1 atom stereocenters. The monoisotopic (exact) mass is 215 g/mol. The Labute approximate surface area is 91.1 Å². The summed E-state index contributed by atoms with van der Waals surface area (Å²) in [7, 11) is 0. The van der Waals surface area contributed by atoms with Gasteiger partial charge < -0.3 is 10.4 Å². The molecule has 0 fully saturated rings. The van der Waals surface area contributed by atoms with Gasteiger partial charge in [-0.1, -0.05) is 26.7 Å². The highest BCUT2D eigenvalue weighted by Gasteiger charge is 2.10. The normalized spacial score (nSPS) is 12.1. The molecule has 0 aliphatic rings. The zero-order chi connectivity index (χ0) is 11.7. The first-order chi connectivity index (χ1) is 7.10. The summed E-state index contributed by atoms with van der Waals surface area (Å²) in [4.78, 5) is 21.6. The van der Waals surface area contributed by atoms with Crippen molar-refractivity contribution in [3.05, 3.63) is 0 Å². The van der Waals surface area contributed by atoms with Crippen molar-refractivity contribution < 1.29 is 14.7 Å². The minimum absolute atomic E-state index is 0.0813. The lowest BCUT2D eigenvalue weighted by atomic mass is 10.1. The van der Waals surface area contributed by atoms with Crippen molar-refractivity contribution in [2.75, 3.05) is 0 Å². The Morgan fingerprint density at radius 3 is 2.40 bits per heavy atom. The van der Waals surface area contributed by atoms with Crippen molar-refractivity contribution in [1.29, 1.82) is 0 Å². The summed E-state index contributed by atoms with van der Waals surface area (Å²) in [6, 6.07) is 0.200. The topological polar surface area (TPSA) is 66.4 Å². The van der Waals surface area contributed by atoms with E-state index in [4.69, 9.17) is 5.11 Å². The zero-order valence-corrected chi connectivity index (χ0v) is 9.58. The second-order valence-electron chi connectivity index (χ2n) is 3.71. The fourth-order valence-corrected chi connectivity index (χ4v) is 1.35. The lowest BCUT2D eigenvalue weighted by Crippen LogP contribution is -2.34. The fourth-order valence-electron chi connectivity index (χ4n) is 1.35. The highest BCUT2D eigenvalue weighted by atomic mass is 16.4. The van der Waals surface area contributed by atoms with Gasteiger partial charge >= 0.3 is 5.97 Å². The van der Waals surface area contributed by atoms with Crippen LogP contribution in [0.3, 0.4) is 0 Å². The Bertz CT molecular complexity index is 204. The standard InChI is InChI=1S/C11H21NO3/c1-3-5-6-9(4-2)12-10(13)7-8-11(14)15/h9H,3-8H2,1-2H3,(H,12,13)(H,14,15). The molecule has 1 unspecified atom stereocenters. The molecular weight excluding hydrogens is 194 g/mol. The largest absolute Gasteiger partial charge is 0.481 e. The summed E-state index contributed by atoms with van der Waals surface area (Å²) in [5.41, 5.74) is 0. The summed E-state index contributed by atoms with van der Waals surface area (Å²) in [5.74, 6) is -1.08. The predicted molar refractivity (Wildman–Crippen MR) is 58.6 cm³/mol. The van der Waals surface area contributed by atoms with E-state index >= 15 is 0 Å². The second kappa shape index (κ2) is 8.26. The molecule has 15 heavy (non-hydrogen) atoms. The zero-order valence-electron chi connectivity index (χ0n) is 9.58. The summed E-state index contributed by atoms with van der Waals surface area (Å²) >= 11 is 0. The van der Waals surface area contributed by atoms with Crippen LogP contribution in [0.5, 0.6) is 0 Å². The maximum absolute atomic E-state index is 11.3. The van der Waals surface area contributed by atoms with Crippen LogP contribution in [0.1, 0.15) is 52.4 Å². The van der Waals surface area contributed by atoms with Crippen molar-refractivity contribution in [2.24, 2.45) is 0 Å². The van der Waals surface area contributed by atoms with Gasteiger partial charge in [0.1, 0.15) is 0 Å². The molecule has 4 nitrogen and oxygen atoms in total. The molecule has 88 valence electrons. The van der Waals surface area contributed by atoms with Crippen LogP contribution in [0, 0.1) is 0 Å². The third-order valence-electron chi connectivity index (χ3n) is 2.33. The molecule has 0 rings (SSSR count). The number of hydrogen-bond donors (Lipinski definition) is 2. The van der Waals surface area contributed by atoms with E-state index in [1.54, 1.807) is 0 Å². The second-order valence-corrected chi connectivity index (χ2v) is 3.71. The number of carboxylic acid groups (broad SMARTS) is 1. The van der Waals surface area contributed by atoms with Crippen LogP contribution >= 0.6 is 0 Å². The fraction of sp³-hybridized carbons (Fsp3) is 0.818. The number of unbranched alkanes of at least 4 members (excludes halogenated alkanes) is 1. The quantitative estimate of drug-likeness (QED) is 0.650. The first kappa shape index (κ1) is 13.9. The molecular formula is C11H21NO3. The molecule has 0 aromatic heterocycles. The van der Waals surface area contributed by atoms with E-state index < -0.39 is 5.97 Å². The molecule has 2 N–H and O–H groups in total. The lowest BCUT2D eigenvalue weighted by molar-refractivity contribution is -0.138. The van der Waals surface area contributed by atoms with E-state index in [2.05, 4.69) is 12.2 Å². The van der Waals surface area contributed by atoms with Gasteiger partial charge in [-0.05, 0) is 12.8 Å². The first-order valence-electron chi connectivity index (χ1n) is 5.61. The summed E-state index contributed by atoms with van der Waals surface area (Å²) < 4.78 is 0. The Kier molecular flexibility index (Phi) is 7.68. The highest BCUT2D eigenvalue weighted by Crippen LogP contribution is 2.04. The SMILES string of the molecule is CCCCC(CC)NC(=O)CCC(=O)O. The predicted octanol–water partition coefficient (Wildman–Crippen LogP) is 1.94. The Morgan fingerprint density at radius 2 is 1.93 bits per heavy atom. The van der Waals surface area contributed by atoms with Gasteiger partial charge in [0.25, 0.3) is 0 Å². The van der Waals surface area contributed by atoms with E-state index in [-0.39, 0.29) is 24.8 Å². The van der Waals surface area contributed by atoms with Crippen LogP contribution in [-0.2, 0) is 9.59 Å². The van der Waals surface area contributed by atoms with Gasteiger partial charge in [0, 0.05) is 12.5 Å². The van der Waals surface area contributed by atoms with Crippen molar-refractivity contribution in [2.45, 2.75) is 58.4 Å². The van der Waals surface area contributed by atoms with Crippen LogP contribution < -0.4 is 5.32 Å². The molecule has 0 saturated carbocycles. The number of hydrogen-bond acceptors (Lipinski definition) is 2. The van der Waals surface area contributed by atoms with Crippen molar-refractivity contribution in [1.82, 2.24) is 5.32 Å². The maximum Gasteiger partial charge on any atom is 0.303 e. The van der Waals surface area contributed by atoms with Gasteiger partial charge in [0.15, 0.2) is 0 Å². The molecule has 4 heteroatoms. The number of carbonyl (C=O) groups excluding carboxylic acids is 1. The average molecular weight is 215 g/mol. The number of carbonyl (C=O) groups is 2. The first-order valence-corrected chi connectivity index (χ1v) is 5.61. The summed E-state index contributed by atoms with van der Waals surface area (Å²) in [6.07, 6.45) is 4.08. The Morgan fingerprint density at radius 1 is 1.27 bits per heavy atom. The van der Waals surface area contributed by atoms with Crippen molar-refractivity contribution >= 4 is 11.9 Å². The van der Waals surface area contributed by atoms with Gasteiger partial charge in [-0.3, -0.25) is 9.59 Å². The molecule has 0 aromatic rings. The molecule has 0 aromatic carbocycles. The van der Waals surface area contributed by atoms with E-state index in [9.17, 15) is 9.59 Å². The van der Waals surface area contributed by atoms with E-state index in [0.717, 1.165) is 25.7 Å². The van der Waals surface area contributed by atoms with Gasteiger partial charge in [0.05, 0.1) is 6.42 Å². The van der Waals surface area contributed by atoms with Crippen LogP contribution in [0.4, 0.5) is 0 Å². The number of nitrogens with one attached hydrogen (secondary N) is 1. The summed E-state index contributed by atoms with van der Waals surface area (Å²) in [6.45, 7) is 4.14. The third-order valence-corrected chi connectivity index (χ3v) is 2.33. The maximum atomic E-state index is 11.3. The minimum Gasteiger partial charge on any atom is -0.481 e. The number of rotatable bonds is 8. The van der Waals surface area contributed by atoms with Gasteiger partial charge in [-0.15, -0.1) is 0 Å². The average Bonchev–Trinajstić information content (AvgIpc) is 2.21. The Hall–Kier alpha value is -1.06. The van der Waals surface area contributed by atoms with Crippen LogP contribution in [0.15, 0.2) is 0 Å². The number of amides is 1. The molecule has 0 heterocycles. The van der Waals surface area contributed by atoms with Crippen LogP contribution in [-0.4, -0.2) is 23.0 Å². The van der Waals surface area contributed by atoms with Crippen LogP contribution in [0.2, 0.25) is 0 Å². The van der Waals surface area contributed by atoms with E-state index in [1.807, 2.05) is 6.92 Å². The van der Waals surface area contributed by atoms with Crippen LogP contribution in [0.25, 0.3) is 0 Å². The van der Waals surface area contributed by atoms with Crippen molar-refractivity contribution in [3.63, 3.8) is 0 Å². The van der Waals surface area contributed by atoms with Crippen molar-refractivity contribution in [3.8, 4) is 0 Å². The molecule has 0 spiro atoms.